The van der Waals surface area contributed by atoms with Gasteiger partial charge in [0.1, 0.15) is 6.04 Å². The number of rotatable bonds is 7. The van der Waals surface area contributed by atoms with Crippen LogP contribution in [0, 0.1) is 12.8 Å². The number of hydrogen-bond donors (Lipinski definition) is 2. The van der Waals surface area contributed by atoms with E-state index in [-0.39, 0.29) is 17.7 Å². The van der Waals surface area contributed by atoms with Gasteiger partial charge in [0, 0.05) is 12.1 Å². The predicted molar refractivity (Wildman–Crippen MR) is 101 cm³/mol. The average Bonchev–Trinajstić information content (AvgIpc) is 2.60. The van der Waals surface area contributed by atoms with E-state index in [2.05, 4.69) is 16.7 Å². The van der Waals surface area contributed by atoms with Crippen molar-refractivity contribution in [1.29, 1.82) is 0 Å². The maximum atomic E-state index is 12.5. The van der Waals surface area contributed by atoms with Gasteiger partial charge in [-0.15, -0.1) is 0 Å². The minimum atomic E-state index is -0.521. The molecule has 2 N–H and O–H groups in total. The van der Waals surface area contributed by atoms with Crippen LogP contribution in [0.25, 0.3) is 0 Å². The molecule has 1 atom stereocenters. The lowest BCUT2D eigenvalue weighted by Gasteiger charge is -2.22. The fourth-order valence-corrected chi connectivity index (χ4v) is 3.17. The van der Waals surface area contributed by atoms with E-state index in [0.29, 0.717) is 12.1 Å². The maximum absolute atomic E-state index is 12.5. The summed E-state index contributed by atoms with van der Waals surface area (Å²) in [4.78, 5) is 25.0. The molecule has 1 aliphatic carbocycles. The van der Waals surface area contributed by atoms with E-state index < -0.39 is 6.04 Å². The number of aryl methyl sites for hydroxylation is 1. The van der Waals surface area contributed by atoms with Crippen LogP contribution in [0.4, 0.5) is 0 Å². The van der Waals surface area contributed by atoms with Gasteiger partial charge in [0.15, 0.2) is 0 Å². The van der Waals surface area contributed by atoms with Crippen LogP contribution in [0.15, 0.2) is 35.9 Å². The summed E-state index contributed by atoms with van der Waals surface area (Å²) < 4.78 is 0. The number of allylic oxidation sites excluding steroid dienone is 1. The summed E-state index contributed by atoms with van der Waals surface area (Å²) in [5.74, 6) is -0.267. The van der Waals surface area contributed by atoms with Gasteiger partial charge in [-0.2, -0.15) is 0 Å². The van der Waals surface area contributed by atoms with E-state index in [4.69, 9.17) is 0 Å². The molecule has 0 bridgehead atoms. The smallest absolute Gasteiger partial charge is 0.252 e. The van der Waals surface area contributed by atoms with Gasteiger partial charge in [-0.1, -0.05) is 43.7 Å². The van der Waals surface area contributed by atoms with Crippen molar-refractivity contribution in [2.75, 3.05) is 6.54 Å². The quantitative estimate of drug-likeness (QED) is 0.741. The van der Waals surface area contributed by atoms with Crippen LogP contribution in [0.1, 0.15) is 61.9 Å². The molecular weight excluding hydrogens is 312 g/mol. The normalized spacial score (nSPS) is 15.4. The Kier molecular flexibility index (Phi) is 7.23. The van der Waals surface area contributed by atoms with Crippen molar-refractivity contribution in [3.63, 3.8) is 0 Å². The van der Waals surface area contributed by atoms with Crippen molar-refractivity contribution in [3.8, 4) is 0 Å². The van der Waals surface area contributed by atoms with E-state index in [1.165, 1.54) is 18.4 Å². The standard InChI is InChI=1S/C21H30N2O2/c1-15(2)19(23-20(24)18-12-8-7-9-16(18)3)21(25)22-14-13-17-10-5-4-6-11-17/h7-10,12,15,19H,4-6,11,13-14H2,1-3H3,(H,22,25)(H,23,24)/t19-/m1/s1. The first-order chi connectivity index (χ1) is 12.0. The van der Waals surface area contributed by atoms with E-state index in [1.807, 2.05) is 39.0 Å². The van der Waals surface area contributed by atoms with Crippen LogP contribution in [-0.2, 0) is 4.79 Å². The molecule has 25 heavy (non-hydrogen) atoms. The third-order valence-electron chi connectivity index (χ3n) is 4.76. The second kappa shape index (κ2) is 9.40. The maximum Gasteiger partial charge on any atom is 0.252 e. The molecule has 0 saturated heterocycles. The largest absolute Gasteiger partial charge is 0.354 e. The van der Waals surface area contributed by atoms with Gasteiger partial charge in [-0.3, -0.25) is 9.59 Å². The second-order valence-electron chi connectivity index (χ2n) is 7.16. The monoisotopic (exact) mass is 342 g/mol. The summed E-state index contributed by atoms with van der Waals surface area (Å²) in [6.45, 7) is 6.43. The third kappa shape index (κ3) is 5.73. The highest BCUT2D eigenvalue weighted by Gasteiger charge is 2.24. The fourth-order valence-electron chi connectivity index (χ4n) is 3.17. The van der Waals surface area contributed by atoms with Crippen molar-refractivity contribution in [3.05, 3.63) is 47.0 Å². The van der Waals surface area contributed by atoms with E-state index in [1.54, 1.807) is 6.07 Å². The molecule has 0 saturated carbocycles. The summed E-state index contributed by atoms with van der Waals surface area (Å²) in [6.07, 6.45) is 8.03. The first-order valence-electron chi connectivity index (χ1n) is 9.31. The van der Waals surface area contributed by atoms with Crippen molar-refractivity contribution in [2.45, 2.75) is 58.9 Å². The Bertz CT molecular complexity index is 635. The molecule has 2 rings (SSSR count). The summed E-state index contributed by atoms with van der Waals surface area (Å²) in [6, 6.07) is 6.91. The Labute approximate surface area is 151 Å². The molecule has 0 aromatic heterocycles. The molecule has 2 amide bonds. The summed E-state index contributed by atoms with van der Waals surface area (Å²) in [7, 11) is 0. The number of carbonyl (C=O) groups is 2. The first kappa shape index (κ1) is 19.2. The van der Waals surface area contributed by atoms with E-state index in [9.17, 15) is 9.59 Å². The van der Waals surface area contributed by atoms with Gasteiger partial charge >= 0.3 is 0 Å². The van der Waals surface area contributed by atoms with Crippen molar-refractivity contribution in [2.24, 2.45) is 5.92 Å². The number of benzene rings is 1. The zero-order valence-corrected chi connectivity index (χ0v) is 15.6. The van der Waals surface area contributed by atoms with Crippen LogP contribution < -0.4 is 10.6 Å². The highest BCUT2D eigenvalue weighted by Crippen LogP contribution is 2.19. The van der Waals surface area contributed by atoms with Gasteiger partial charge < -0.3 is 10.6 Å². The predicted octanol–water partition coefficient (Wildman–Crippen LogP) is 3.76. The Morgan fingerprint density at radius 2 is 1.92 bits per heavy atom. The van der Waals surface area contributed by atoms with Crippen LogP contribution in [0.2, 0.25) is 0 Å². The Hall–Kier alpha value is -2.10. The van der Waals surface area contributed by atoms with Gasteiger partial charge in [0.05, 0.1) is 0 Å². The minimum Gasteiger partial charge on any atom is -0.354 e. The van der Waals surface area contributed by atoms with Gasteiger partial charge in [-0.25, -0.2) is 0 Å². The van der Waals surface area contributed by atoms with Crippen molar-refractivity contribution in [1.82, 2.24) is 10.6 Å². The van der Waals surface area contributed by atoms with Crippen molar-refractivity contribution < 1.29 is 9.59 Å². The fraction of sp³-hybridized carbons (Fsp3) is 0.524. The molecule has 136 valence electrons. The molecule has 4 heteroatoms. The minimum absolute atomic E-state index is 0.0295. The summed E-state index contributed by atoms with van der Waals surface area (Å²) >= 11 is 0. The van der Waals surface area contributed by atoms with Gasteiger partial charge in [-0.05, 0) is 56.6 Å². The molecule has 1 aromatic carbocycles. The highest BCUT2D eigenvalue weighted by atomic mass is 16.2. The molecule has 0 unspecified atom stereocenters. The summed E-state index contributed by atoms with van der Waals surface area (Å²) in [5.41, 5.74) is 2.97. The first-order valence-corrected chi connectivity index (χ1v) is 9.31. The lowest BCUT2D eigenvalue weighted by molar-refractivity contribution is -0.123. The molecular formula is C21H30N2O2. The molecule has 4 nitrogen and oxygen atoms in total. The molecule has 0 aliphatic heterocycles. The zero-order chi connectivity index (χ0) is 18.2. The number of nitrogens with one attached hydrogen (secondary N) is 2. The number of amides is 2. The number of carbonyl (C=O) groups excluding carboxylic acids is 2. The molecule has 0 fully saturated rings. The highest BCUT2D eigenvalue weighted by molar-refractivity contribution is 5.98. The Morgan fingerprint density at radius 3 is 2.56 bits per heavy atom. The topological polar surface area (TPSA) is 58.2 Å². The molecule has 1 aromatic rings. The van der Waals surface area contributed by atoms with E-state index >= 15 is 0 Å². The lowest BCUT2D eigenvalue weighted by atomic mass is 9.97. The molecule has 1 aliphatic rings. The molecule has 0 heterocycles. The SMILES string of the molecule is Cc1ccccc1C(=O)N[C@@H](C(=O)NCCC1=CCCCC1)C(C)C. The van der Waals surface area contributed by atoms with Crippen LogP contribution in [0.3, 0.4) is 0 Å². The Morgan fingerprint density at radius 1 is 1.16 bits per heavy atom. The molecule has 0 radical (unpaired) electrons. The lowest BCUT2D eigenvalue weighted by Crippen LogP contribution is -2.50. The number of hydrogen-bond acceptors (Lipinski definition) is 2. The van der Waals surface area contributed by atoms with Gasteiger partial charge in [0.2, 0.25) is 5.91 Å². The van der Waals surface area contributed by atoms with Crippen LogP contribution in [-0.4, -0.2) is 24.4 Å². The van der Waals surface area contributed by atoms with Crippen LogP contribution in [0.5, 0.6) is 0 Å². The third-order valence-corrected chi connectivity index (χ3v) is 4.76. The van der Waals surface area contributed by atoms with E-state index in [0.717, 1.165) is 24.8 Å². The van der Waals surface area contributed by atoms with Crippen LogP contribution >= 0.6 is 0 Å². The summed E-state index contributed by atoms with van der Waals surface area (Å²) in [5, 5.41) is 5.88. The van der Waals surface area contributed by atoms with Gasteiger partial charge in [0.25, 0.3) is 5.91 Å². The molecule has 0 spiro atoms. The second-order valence-corrected chi connectivity index (χ2v) is 7.16. The average molecular weight is 342 g/mol. The zero-order valence-electron chi connectivity index (χ0n) is 15.6. The van der Waals surface area contributed by atoms with Crippen molar-refractivity contribution >= 4 is 11.8 Å². The Balaban J connectivity index is 1.90.